The van der Waals surface area contributed by atoms with Gasteiger partial charge in [-0.1, -0.05) is 11.6 Å². The summed E-state index contributed by atoms with van der Waals surface area (Å²) in [5, 5.41) is 3.80. The van der Waals surface area contributed by atoms with Crippen molar-refractivity contribution in [1.82, 2.24) is 5.32 Å². The molecule has 1 N–H and O–H groups in total. The molecule has 1 atom stereocenters. The van der Waals surface area contributed by atoms with Gasteiger partial charge in [0.2, 0.25) is 5.91 Å². The molecule has 122 valence electrons. The molecule has 1 heterocycles. The molecule has 0 spiro atoms. The maximum absolute atomic E-state index is 11.8. The van der Waals surface area contributed by atoms with E-state index in [1.165, 1.54) is 5.69 Å². The molecule has 5 heteroatoms. The summed E-state index contributed by atoms with van der Waals surface area (Å²) in [6.45, 7) is 6.12. The molecule has 0 saturated carbocycles. The van der Waals surface area contributed by atoms with E-state index >= 15 is 0 Å². The number of hydrogen-bond donors (Lipinski definition) is 1. The number of nitrogens with zero attached hydrogens (tertiary/aromatic N) is 1. The third kappa shape index (κ3) is 5.50. The molecule has 4 nitrogen and oxygen atoms in total. The van der Waals surface area contributed by atoms with Gasteiger partial charge in [-0.2, -0.15) is 0 Å². The fourth-order valence-electron chi connectivity index (χ4n) is 2.71. The Kier molecular flexibility index (Phi) is 7.00. The molecule has 1 fully saturated rings. The standard InChI is InChI=1S/C17H25ClN2O2/c1-2-22-11-3-4-17(21)19-12-14-9-10-20(13-14)16-7-5-15(18)6-8-16/h5-8,14H,2-4,9-13H2,1H3,(H,19,21). The number of anilines is 1. The van der Waals surface area contributed by atoms with Crippen molar-refractivity contribution in [3.63, 3.8) is 0 Å². The summed E-state index contributed by atoms with van der Waals surface area (Å²) in [6.07, 6.45) is 2.46. The van der Waals surface area contributed by atoms with Gasteiger partial charge in [0.1, 0.15) is 0 Å². The summed E-state index contributed by atoms with van der Waals surface area (Å²) in [7, 11) is 0. The molecular weight excluding hydrogens is 300 g/mol. The zero-order valence-electron chi connectivity index (χ0n) is 13.2. The molecule has 1 unspecified atom stereocenters. The van der Waals surface area contributed by atoms with Crippen molar-refractivity contribution in [1.29, 1.82) is 0 Å². The Morgan fingerprint density at radius 3 is 2.91 bits per heavy atom. The molecular formula is C17H25ClN2O2. The molecule has 1 amide bonds. The molecule has 1 saturated heterocycles. The van der Waals surface area contributed by atoms with Crippen LogP contribution in [0.3, 0.4) is 0 Å². The molecule has 1 aliphatic rings. The van der Waals surface area contributed by atoms with Crippen molar-refractivity contribution >= 4 is 23.2 Å². The molecule has 1 aliphatic heterocycles. The minimum atomic E-state index is 0.129. The van der Waals surface area contributed by atoms with Crippen LogP contribution in [0.5, 0.6) is 0 Å². The number of carbonyl (C=O) groups is 1. The zero-order valence-corrected chi connectivity index (χ0v) is 13.9. The first kappa shape index (κ1) is 17.1. The normalized spacial score (nSPS) is 17.7. The van der Waals surface area contributed by atoms with Crippen molar-refractivity contribution < 1.29 is 9.53 Å². The minimum absolute atomic E-state index is 0.129. The number of benzene rings is 1. The number of carbonyl (C=O) groups excluding carboxylic acids is 1. The lowest BCUT2D eigenvalue weighted by atomic mass is 10.1. The van der Waals surface area contributed by atoms with Crippen LogP contribution in [0.15, 0.2) is 24.3 Å². The summed E-state index contributed by atoms with van der Waals surface area (Å²) in [5.74, 6) is 0.649. The Morgan fingerprint density at radius 1 is 1.41 bits per heavy atom. The second-order valence-corrected chi connectivity index (χ2v) is 6.12. The second kappa shape index (κ2) is 9.01. The highest BCUT2D eigenvalue weighted by Gasteiger charge is 2.22. The van der Waals surface area contributed by atoms with Gasteiger partial charge in [-0.05, 0) is 49.9 Å². The number of amides is 1. The minimum Gasteiger partial charge on any atom is -0.382 e. The van der Waals surface area contributed by atoms with Crippen LogP contribution >= 0.6 is 11.6 Å². The molecule has 0 radical (unpaired) electrons. The van der Waals surface area contributed by atoms with Crippen LogP contribution in [0, 0.1) is 5.92 Å². The van der Waals surface area contributed by atoms with E-state index in [0.717, 1.165) is 37.5 Å². The summed E-state index contributed by atoms with van der Waals surface area (Å²) < 4.78 is 5.24. The van der Waals surface area contributed by atoms with E-state index in [4.69, 9.17) is 16.3 Å². The van der Waals surface area contributed by atoms with Gasteiger partial charge in [0.05, 0.1) is 0 Å². The van der Waals surface area contributed by atoms with Crippen molar-refractivity contribution in [2.24, 2.45) is 5.92 Å². The summed E-state index contributed by atoms with van der Waals surface area (Å²) in [6, 6.07) is 7.95. The molecule has 0 aliphatic carbocycles. The van der Waals surface area contributed by atoms with Crippen LogP contribution in [0.25, 0.3) is 0 Å². The van der Waals surface area contributed by atoms with Gasteiger partial charge in [0.15, 0.2) is 0 Å². The van der Waals surface area contributed by atoms with Crippen LogP contribution in [-0.4, -0.2) is 38.8 Å². The van der Waals surface area contributed by atoms with Crippen LogP contribution in [-0.2, 0) is 9.53 Å². The van der Waals surface area contributed by atoms with Gasteiger partial charge in [-0.15, -0.1) is 0 Å². The largest absolute Gasteiger partial charge is 0.382 e. The average molecular weight is 325 g/mol. The lowest BCUT2D eigenvalue weighted by Crippen LogP contribution is -2.31. The van der Waals surface area contributed by atoms with E-state index in [9.17, 15) is 4.79 Å². The number of hydrogen-bond acceptors (Lipinski definition) is 3. The Bertz CT molecular complexity index is 464. The SMILES string of the molecule is CCOCCCC(=O)NCC1CCN(c2ccc(Cl)cc2)C1. The molecule has 1 aromatic carbocycles. The van der Waals surface area contributed by atoms with Gasteiger partial charge in [-0.3, -0.25) is 4.79 Å². The second-order valence-electron chi connectivity index (χ2n) is 5.68. The molecule has 2 rings (SSSR count). The quantitative estimate of drug-likeness (QED) is 0.747. The van der Waals surface area contributed by atoms with E-state index in [1.807, 2.05) is 19.1 Å². The Morgan fingerprint density at radius 2 is 2.18 bits per heavy atom. The fraction of sp³-hybridized carbons (Fsp3) is 0.588. The van der Waals surface area contributed by atoms with Crippen LogP contribution in [0.1, 0.15) is 26.2 Å². The van der Waals surface area contributed by atoms with E-state index in [1.54, 1.807) is 0 Å². The number of nitrogens with one attached hydrogen (secondary N) is 1. The maximum atomic E-state index is 11.8. The van der Waals surface area contributed by atoms with E-state index < -0.39 is 0 Å². The first-order valence-corrected chi connectivity index (χ1v) is 8.41. The Balaban J connectivity index is 1.66. The summed E-state index contributed by atoms with van der Waals surface area (Å²) in [4.78, 5) is 14.1. The van der Waals surface area contributed by atoms with Gasteiger partial charge >= 0.3 is 0 Å². The van der Waals surface area contributed by atoms with Crippen molar-refractivity contribution in [2.45, 2.75) is 26.2 Å². The van der Waals surface area contributed by atoms with Gasteiger partial charge in [-0.25, -0.2) is 0 Å². The fourth-order valence-corrected chi connectivity index (χ4v) is 2.84. The highest BCUT2D eigenvalue weighted by atomic mass is 35.5. The van der Waals surface area contributed by atoms with Crippen molar-refractivity contribution in [3.05, 3.63) is 29.3 Å². The number of ether oxygens (including phenoxy) is 1. The third-order valence-electron chi connectivity index (χ3n) is 3.96. The lowest BCUT2D eigenvalue weighted by molar-refractivity contribution is -0.121. The first-order valence-electron chi connectivity index (χ1n) is 8.04. The molecule has 1 aromatic rings. The summed E-state index contributed by atoms with van der Waals surface area (Å²) >= 11 is 5.92. The lowest BCUT2D eigenvalue weighted by Gasteiger charge is -2.19. The van der Waals surface area contributed by atoms with Crippen LogP contribution < -0.4 is 10.2 Å². The Hall–Kier alpha value is -1.26. The van der Waals surface area contributed by atoms with E-state index in [0.29, 0.717) is 25.6 Å². The van der Waals surface area contributed by atoms with Gasteiger partial charge < -0.3 is 15.0 Å². The van der Waals surface area contributed by atoms with Crippen molar-refractivity contribution in [3.8, 4) is 0 Å². The van der Waals surface area contributed by atoms with E-state index in [-0.39, 0.29) is 5.91 Å². The first-order chi connectivity index (χ1) is 10.7. The molecule has 0 bridgehead atoms. The van der Waals surface area contributed by atoms with Crippen LogP contribution in [0.4, 0.5) is 5.69 Å². The summed E-state index contributed by atoms with van der Waals surface area (Å²) in [5.41, 5.74) is 1.20. The maximum Gasteiger partial charge on any atom is 0.220 e. The smallest absolute Gasteiger partial charge is 0.220 e. The number of rotatable bonds is 8. The topological polar surface area (TPSA) is 41.6 Å². The highest BCUT2D eigenvalue weighted by Crippen LogP contribution is 2.24. The monoisotopic (exact) mass is 324 g/mol. The van der Waals surface area contributed by atoms with E-state index in [2.05, 4.69) is 22.3 Å². The van der Waals surface area contributed by atoms with Gasteiger partial charge in [0, 0.05) is 50.0 Å². The molecule has 22 heavy (non-hydrogen) atoms. The van der Waals surface area contributed by atoms with Crippen LogP contribution in [0.2, 0.25) is 5.02 Å². The molecule has 0 aromatic heterocycles. The number of halogens is 1. The van der Waals surface area contributed by atoms with Crippen molar-refractivity contribution in [2.75, 3.05) is 37.7 Å². The predicted molar refractivity (Wildman–Crippen MR) is 90.5 cm³/mol. The zero-order chi connectivity index (χ0) is 15.8. The Labute approximate surface area is 137 Å². The predicted octanol–water partition coefficient (Wildman–Crippen LogP) is 3.10. The van der Waals surface area contributed by atoms with Gasteiger partial charge in [0.25, 0.3) is 0 Å². The highest BCUT2D eigenvalue weighted by molar-refractivity contribution is 6.30. The average Bonchev–Trinajstić information content (AvgIpc) is 2.99. The third-order valence-corrected chi connectivity index (χ3v) is 4.21.